The minimum Gasteiger partial charge on any atom is -0.439 e. The second-order valence-corrected chi connectivity index (χ2v) is 3.67. The lowest BCUT2D eigenvalue weighted by Crippen LogP contribution is -1.86. The van der Waals surface area contributed by atoms with Crippen LogP contribution in [0.5, 0.6) is 11.6 Å². The number of pyridine rings is 1. The van der Waals surface area contributed by atoms with E-state index >= 15 is 0 Å². The van der Waals surface area contributed by atoms with Crippen LogP contribution in [0.15, 0.2) is 42.6 Å². The summed E-state index contributed by atoms with van der Waals surface area (Å²) in [5.41, 5.74) is 1.20. The average Bonchev–Trinajstić information content (AvgIpc) is 2.25. The van der Waals surface area contributed by atoms with E-state index in [-0.39, 0.29) is 0 Å². The van der Waals surface area contributed by atoms with Gasteiger partial charge in [-0.25, -0.2) is 4.98 Å². The van der Waals surface area contributed by atoms with Crippen molar-refractivity contribution >= 4 is 11.6 Å². The maximum atomic E-state index is 5.72. The highest BCUT2D eigenvalue weighted by Crippen LogP contribution is 2.20. The monoisotopic (exact) mass is 219 g/mol. The number of rotatable bonds is 2. The van der Waals surface area contributed by atoms with Crippen molar-refractivity contribution in [2.24, 2.45) is 0 Å². The fraction of sp³-hybridized carbons (Fsp3) is 0.0833. The van der Waals surface area contributed by atoms with Crippen LogP contribution in [0.1, 0.15) is 5.56 Å². The molecule has 1 heterocycles. The maximum absolute atomic E-state index is 5.72. The lowest BCUT2D eigenvalue weighted by atomic mass is 10.2. The molecule has 2 nitrogen and oxygen atoms in total. The van der Waals surface area contributed by atoms with Gasteiger partial charge in [0.25, 0.3) is 0 Å². The Bertz CT molecular complexity index is 393. The lowest BCUT2D eigenvalue weighted by molar-refractivity contribution is 0.463. The van der Waals surface area contributed by atoms with E-state index in [9.17, 15) is 0 Å². The molecule has 0 amide bonds. The first kappa shape index (κ1) is 9.99. The highest BCUT2D eigenvalue weighted by Gasteiger charge is 1.97. The Labute approximate surface area is 93.5 Å². The van der Waals surface area contributed by atoms with Gasteiger partial charge in [0.2, 0.25) is 5.88 Å². The van der Waals surface area contributed by atoms with Crippen molar-refractivity contribution in [1.82, 2.24) is 4.98 Å². The first-order valence-corrected chi connectivity index (χ1v) is 4.98. The fourth-order valence-corrected chi connectivity index (χ4v) is 1.26. The van der Waals surface area contributed by atoms with E-state index < -0.39 is 0 Å². The smallest absolute Gasteiger partial charge is 0.219 e. The van der Waals surface area contributed by atoms with Crippen LogP contribution >= 0.6 is 11.6 Å². The predicted molar refractivity (Wildman–Crippen MR) is 60.5 cm³/mol. The maximum Gasteiger partial charge on any atom is 0.219 e. The number of halogens is 1. The third-order valence-corrected chi connectivity index (χ3v) is 2.17. The van der Waals surface area contributed by atoms with Gasteiger partial charge in [-0.1, -0.05) is 29.3 Å². The summed E-state index contributed by atoms with van der Waals surface area (Å²) in [5.74, 6) is 1.32. The number of benzene rings is 1. The molecule has 0 saturated carbocycles. The number of nitrogens with zero attached hydrogens (tertiary/aromatic N) is 1. The van der Waals surface area contributed by atoms with Gasteiger partial charge in [-0.3, -0.25) is 0 Å². The van der Waals surface area contributed by atoms with Crippen LogP contribution in [-0.4, -0.2) is 4.98 Å². The topological polar surface area (TPSA) is 22.1 Å². The normalized spacial score (nSPS) is 10.0. The summed E-state index contributed by atoms with van der Waals surface area (Å²) < 4.78 is 5.52. The molecule has 15 heavy (non-hydrogen) atoms. The zero-order valence-electron chi connectivity index (χ0n) is 8.27. The van der Waals surface area contributed by atoms with Gasteiger partial charge in [0.05, 0.1) is 5.02 Å². The Hall–Kier alpha value is -1.54. The number of aromatic nitrogens is 1. The van der Waals surface area contributed by atoms with Gasteiger partial charge < -0.3 is 4.74 Å². The molecule has 0 unspecified atom stereocenters. The minimum atomic E-state index is 0.545. The van der Waals surface area contributed by atoms with Gasteiger partial charge in [0.1, 0.15) is 5.75 Å². The zero-order chi connectivity index (χ0) is 10.7. The molecule has 1 aromatic heterocycles. The van der Waals surface area contributed by atoms with Gasteiger partial charge in [0, 0.05) is 12.3 Å². The lowest BCUT2D eigenvalue weighted by Gasteiger charge is -2.04. The Balaban J connectivity index is 2.15. The average molecular weight is 220 g/mol. The van der Waals surface area contributed by atoms with E-state index in [0.717, 1.165) is 5.75 Å². The quantitative estimate of drug-likeness (QED) is 0.766. The van der Waals surface area contributed by atoms with E-state index in [1.165, 1.54) is 5.56 Å². The zero-order valence-corrected chi connectivity index (χ0v) is 9.03. The summed E-state index contributed by atoms with van der Waals surface area (Å²) in [6, 6.07) is 11.3. The van der Waals surface area contributed by atoms with Crippen molar-refractivity contribution in [2.45, 2.75) is 6.92 Å². The summed E-state index contributed by atoms with van der Waals surface area (Å²) >= 11 is 5.72. The third kappa shape index (κ3) is 2.70. The van der Waals surface area contributed by atoms with Crippen LogP contribution in [0, 0.1) is 6.92 Å². The molecule has 0 aliphatic heterocycles. The van der Waals surface area contributed by atoms with Gasteiger partial charge in [-0.2, -0.15) is 0 Å². The van der Waals surface area contributed by atoms with Gasteiger partial charge in [-0.05, 0) is 25.1 Å². The SMILES string of the molecule is Cc1ccc(Oc2ccc(Cl)cn2)cc1. The van der Waals surface area contributed by atoms with Crippen LogP contribution in [0.4, 0.5) is 0 Å². The largest absolute Gasteiger partial charge is 0.439 e. The molecule has 0 aliphatic carbocycles. The molecule has 76 valence electrons. The Kier molecular flexibility index (Phi) is 2.88. The molecule has 2 rings (SSSR count). The summed E-state index contributed by atoms with van der Waals surface area (Å²) in [6.07, 6.45) is 1.56. The molecule has 2 aromatic rings. The second kappa shape index (κ2) is 4.32. The van der Waals surface area contributed by atoms with Gasteiger partial charge in [0.15, 0.2) is 0 Å². The fourth-order valence-electron chi connectivity index (χ4n) is 1.15. The minimum absolute atomic E-state index is 0.545. The van der Waals surface area contributed by atoms with Crippen molar-refractivity contribution in [3.8, 4) is 11.6 Å². The molecule has 0 radical (unpaired) electrons. The van der Waals surface area contributed by atoms with Crippen molar-refractivity contribution in [2.75, 3.05) is 0 Å². The van der Waals surface area contributed by atoms with Crippen LogP contribution in [0.25, 0.3) is 0 Å². The van der Waals surface area contributed by atoms with E-state index in [4.69, 9.17) is 16.3 Å². The van der Waals surface area contributed by atoms with E-state index in [0.29, 0.717) is 10.9 Å². The molecule has 0 N–H and O–H groups in total. The van der Waals surface area contributed by atoms with Crippen LogP contribution in [0.2, 0.25) is 5.02 Å². The number of hydrogen-bond donors (Lipinski definition) is 0. The standard InChI is InChI=1S/C12H10ClNO/c1-9-2-5-11(6-3-9)15-12-7-4-10(13)8-14-12/h2-8H,1H3. The van der Waals surface area contributed by atoms with Gasteiger partial charge >= 0.3 is 0 Å². The summed E-state index contributed by atoms with van der Waals surface area (Å²) in [6.45, 7) is 2.03. The second-order valence-electron chi connectivity index (χ2n) is 3.23. The molecule has 0 aliphatic rings. The molecule has 1 aromatic carbocycles. The molecule has 0 atom stereocenters. The molecule has 0 fully saturated rings. The van der Waals surface area contributed by atoms with Gasteiger partial charge in [-0.15, -0.1) is 0 Å². The molecule has 0 spiro atoms. The summed E-state index contributed by atoms with van der Waals surface area (Å²) in [5, 5.41) is 0.603. The number of hydrogen-bond acceptors (Lipinski definition) is 2. The van der Waals surface area contributed by atoms with E-state index in [2.05, 4.69) is 4.98 Å². The molecular weight excluding hydrogens is 210 g/mol. The molecule has 0 saturated heterocycles. The highest BCUT2D eigenvalue weighted by atomic mass is 35.5. The molecule has 0 bridgehead atoms. The van der Waals surface area contributed by atoms with Crippen molar-refractivity contribution in [3.05, 3.63) is 53.2 Å². The highest BCUT2D eigenvalue weighted by molar-refractivity contribution is 6.30. The Morgan fingerprint density at radius 3 is 2.40 bits per heavy atom. The van der Waals surface area contributed by atoms with E-state index in [1.54, 1.807) is 18.3 Å². The van der Waals surface area contributed by atoms with Crippen molar-refractivity contribution in [3.63, 3.8) is 0 Å². The first-order valence-electron chi connectivity index (χ1n) is 4.60. The Morgan fingerprint density at radius 1 is 1.07 bits per heavy atom. The third-order valence-electron chi connectivity index (χ3n) is 1.94. The van der Waals surface area contributed by atoms with Crippen molar-refractivity contribution < 1.29 is 4.74 Å². The first-order chi connectivity index (χ1) is 7.24. The number of aryl methyl sites for hydroxylation is 1. The van der Waals surface area contributed by atoms with Crippen molar-refractivity contribution in [1.29, 1.82) is 0 Å². The predicted octanol–water partition coefficient (Wildman–Crippen LogP) is 3.84. The van der Waals surface area contributed by atoms with Crippen LogP contribution in [0.3, 0.4) is 0 Å². The molecular formula is C12H10ClNO. The van der Waals surface area contributed by atoms with Crippen LogP contribution in [-0.2, 0) is 0 Å². The number of ether oxygens (including phenoxy) is 1. The Morgan fingerprint density at radius 2 is 1.80 bits per heavy atom. The molecule has 3 heteroatoms. The summed E-state index contributed by atoms with van der Waals surface area (Å²) in [4.78, 5) is 4.04. The van der Waals surface area contributed by atoms with E-state index in [1.807, 2.05) is 31.2 Å². The summed E-state index contributed by atoms with van der Waals surface area (Å²) in [7, 11) is 0. The van der Waals surface area contributed by atoms with Crippen LogP contribution < -0.4 is 4.74 Å².